The lowest BCUT2D eigenvalue weighted by molar-refractivity contribution is -0.116. The number of amides is 1. The van der Waals surface area contributed by atoms with E-state index >= 15 is 0 Å². The summed E-state index contributed by atoms with van der Waals surface area (Å²) in [7, 11) is 0. The van der Waals surface area contributed by atoms with Gasteiger partial charge >= 0.3 is 0 Å². The van der Waals surface area contributed by atoms with Crippen molar-refractivity contribution in [3.8, 4) is 0 Å². The number of imidazole rings is 1. The van der Waals surface area contributed by atoms with Crippen LogP contribution in [0.15, 0.2) is 48.5 Å². The topological polar surface area (TPSA) is 46.9 Å². The van der Waals surface area contributed by atoms with Crippen molar-refractivity contribution in [1.82, 2.24) is 9.55 Å². The molecule has 0 aliphatic heterocycles. The third-order valence-electron chi connectivity index (χ3n) is 4.17. The molecular formula is C20H23N3O. The number of hydrogen-bond acceptors (Lipinski definition) is 2. The second-order valence-corrected chi connectivity index (χ2v) is 6.26. The number of hydrogen-bond donors (Lipinski definition) is 1. The molecule has 0 atom stereocenters. The van der Waals surface area contributed by atoms with E-state index in [1.807, 2.05) is 53.1 Å². The van der Waals surface area contributed by atoms with Gasteiger partial charge in [-0.1, -0.05) is 51.1 Å². The molecule has 2 aromatic carbocycles. The Balaban J connectivity index is 1.89. The molecule has 0 saturated heterocycles. The Morgan fingerprint density at radius 1 is 1.12 bits per heavy atom. The normalized spacial score (nSPS) is 11.2. The molecule has 3 rings (SSSR count). The number of nitrogens with zero attached hydrogens (tertiary/aromatic N) is 2. The number of nitrogens with one attached hydrogen (secondary N) is 1. The Morgan fingerprint density at radius 2 is 1.83 bits per heavy atom. The molecule has 0 aliphatic carbocycles. The Bertz CT molecular complexity index is 864. The first-order valence-corrected chi connectivity index (χ1v) is 8.43. The third-order valence-corrected chi connectivity index (χ3v) is 4.17. The summed E-state index contributed by atoms with van der Waals surface area (Å²) in [6.45, 7) is 6.56. The zero-order valence-electron chi connectivity index (χ0n) is 14.4. The molecule has 3 aromatic rings. The average molecular weight is 321 g/mol. The quantitative estimate of drug-likeness (QED) is 0.759. The van der Waals surface area contributed by atoms with Crippen LogP contribution in [0.1, 0.15) is 38.1 Å². The Hall–Kier alpha value is -2.62. The summed E-state index contributed by atoms with van der Waals surface area (Å²) in [5.41, 5.74) is 3.97. The van der Waals surface area contributed by atoms with Gasteiger partial charge in [0.1, 0.15) is 12.4 Å². The number of aromatic nitrogens is 2. The minimum Gasteiger partial charge on any atom is -0.324 e. The molecule has 0 bridgehead atoms. The van der Waals surface area contributed by atoms with Crippen LogP contribution in [-0.4, -0.2) is 15.5 Å². The van der Waals surface area contributed by atoms with E-state index in [0.717, 1.165) is 34.5 Å². The van der Waals surface area contributed by atoms with E-state index in [0.29, 0.717) is 0 Å². The van der Waals surface area contributed by atoms with Crippen molar-refractivity contribution in [2.75, 3.05) is 5.32 Å². The fraction of sp³-hybridized carbons (Fsp3) is 0.300. The van der Waals surface area contributed by atoms with Crippen LogP contribution in [0, 0.1) is 0 Å². The lowest BCUT2D eigenvalue weighted by Gasteiger charge is -2.13. The molecule has 24 heavy (non-hydrogen) atoms. The van der Waals surface area contributed by atoms with Gasteiger partial charge in [-0.2, -0.15) is 0 Å². The van der Waals surface area contributed by atoms with E-state index < -0.39 is 0 Å². The van der Waals surface area contributed by atoms with Gasteiger partial charge in [0, 0.05) is 11.6 Å². The standard InChI is InChI=1S/C20H23N3O/c1-4-15-9-5-6-10-16(15)21-19(24)13-23-18-12-8-7-11-17(18)22-20(23)14(2)3/h5-12,14H,4,13H2,1-3H3,(H,21,24). The number of benzene rings is 2. The van der Waals surface area contributed by atoms with Gasteiger partial charge in [0.2, 0.25) is 5.91 Å². The molecule has 1 amide bonds. The van der Waals surface area contributed by atoms with E-state index in [9.17, 15) is 4.79 Å². The maximum atomic E-state index is 12.6. The number of anilines is 1. The van der Waals surface area contributed by atoms with Gasteiger partial charge < -0.3 is 9.88 Å². The molecular weight excluding hydrogens is 298 g/mol. The molecule has 0 fully saturated rings. The first kappa shape index (κ1) is 16.2. The van der Waals surface area contributed by atoms with E-state index in [4.69, 9.17) is 0 Å². The summed E-state index contributed by atoms with van der Waals surface area (Å²) in [6, 6.07) is 15.9. The van der Waals surface area contributed by atoms with Crippen LogP contribution >= 0.6 is 0 Å². The lowest BCUT2D eigenvalue weighted by Crippen LogP contribution is -2.21. The number of rotatable bonds is 5. The second-order valence-electron chi connectivity index (χ2n) is 6.26. The second kappa shape index (κ2) is 6.87. The number of para-hydroxylation sites is 3. The monoisotopic (exact) mass is 321 g/mol. The zero-order chi connectivity index (χ0) is 17.1. The third kappa shape index (κ3) is 3.18. The summed E-state index contributed by atoms with van der Waals surface area (Å²) >= 11 is 0. The van der Waals surface area contributed by atoms with Gasteiger partial charge in [-0.05, 0) is 30.2 Å². The molecule has 0 aliphatic rings. The SMILES string of the molecule is CCc1ccccc1NC(=O)Cn1c(C(C)C)nc2ccccc21. The van der Waals surface area contributed by atoms with Crippen molar-refractivity contribution in [3.63, 3.8) is 0 Å². The van der Waals surface area contributed by atoms with Gasteiger partial charge in [0.15, 0.2) is 0 Å². The molecule has 4 heteroatoms. The smallest absolute Gasteiger partial charge is 0.244 e. The highest BCUT2D eigenvalue weighted by molar-refractivity contribution is 5.92. The minimum absolute atomic E-state index is 0.0269. The van der Waals surface area contributed by atoms with Crippen LogP contribution in [0.25, 0.3) is 11.0 Å². The number of carbonyl (C=O) groups excluding carboxylic acids is 1. The Morgan fingerprint density at radius 3 is 2.58 bits per heavy atom. The first-order valence-electron chi connectivity index (χ1n) is 8.43. The molecule has 0 radical (unpaired) electrons. The largest absolute Gasteiger partial charge is 0.324 e. The summed E-state index contributed by atoms with van der Waals surface area (Å²) < 4.78 is 2.02. The van der Waals surface area contributed by atoms with Crippen molar-refractivity contribution in [2.24, 2.45) is 0 Å². The van der Waals surface area contributed by atoms with Crippen molar-refractivity contribution in [2.45, 2.75) is 39.7 Å². The molecule has 1 N–H and O–H groups in total. The number of fused-ring (bicyclic) bond motifs is 1. The lowest BCUT2D eigenvalue weighted by atomic mass is 10.1. The van der Waals surface area contributed by atoms with Crippen molar-refractivity contribution in [1.29, 1.82) is 0 Å². The van der Waals surface area contributed by atoms with Gasteiger partial charge in [-0.3, -0.25) is 4.79 Å². The molecule has 4 nitrogen and oxygen atoms in total. The Labute approximate surface area is 142 Å². The Kier molecular flexibility index (Phi) is 4.65. The molecule has 1 heterocycles. The van der Waals surface area contributed by atoms with E-state index in [-0.39, 0.29) is 18.4 Å². The molecule has 1 aromatic heterocycles. The fourth-order valence-corrected chi connectivity index (χ4v) is 2.98. The van der Waals surface area contributed by atoms with Crippen LogP contribution in [-0.2, 0) is 17.8 Å². The fourth-order valence-electron chi connectivity index (χ4n) is 2.98. The van der Waals surface area contributed by atoms with Crippen molar-refractivity contribution < 1.29 is 4.79 Å². The van der Waals surface area contributed by atoms with Crippen molar-refractivity contribution >= 4 is 22.6 Å². The van der Waals surface area contributed by atoms with Crippen LogP contribution in [0.4, 0.5) is 5.69 Å². The minimum atomic E-state index is -0.0269. The number of aryl methyl sites for hydroxylation is 1. The van der Waals surface area contributed by atoms with Gasteiger partial charge in [-0.25, -0.2) is 4.98 Å². The summed E-state index contributed by atoms with van der Waals surface area (Å²) in [4.78, 5) is 17.3. The van der Waals surface area contributed by atoms with Crippen molar-refractivity contribution in [3.05, 3.63) is 59.9 Å². The predicted octanol–water partition coefficient (Wildman–Crippen LogP) is 4.36. The summed E-state index contributed by atoms with van der Waals surface area (Å²) in [5, 5.41) is 3.04. The summed E-state index contributed by atoms with van der Waals surface area (Å²) in [5.74, 6) is 1.17. The number of carbonyl (C=O) groups is 1. The van der Waals surface area contributed by atoms with Crippen LogP contribution < -0.4 is 5.32 Å². The predicted molar refractivity (Wildman–Crippen MR) is 98.3 cm³/mol. The maximum absolute atomic E-state index is 12.6. The highest BCUT2D eigenvalue weighted by atomic mass is 16.1. The van der Waals surface area contributed by atoms with Crippen LogP contribution in [0.5, 0.6) is 0 Å². The van der Waals surface area contributed by atoms with Gasteiger partial charge in [0.05, 0.1) is 11.0 Å². The van der Waals surface area contributed by atoms with E-state index in [2.05, 4.69) is 31.1 Å². The average Bonchev–Trinajstić information content (AvgIpc) is 2.94. The zero-order valence-corrected chi connectivity index (χ0v) is 14.4. The highest BCUT2D eigenvalue weighted by Crippen LogP contribution is 2.22. The summed E-state index contributed by atoms with van der Waals surface area (Å²) in [6.07, 6.45) is 0.891. The van der Waals surface area contributed by atoms with E-state index in [1.165, 1.54) is 0 Å². The highest BCUT2D eigenvalue weighted by Gasteiger charge is 2.16. The molecule has 0 spiro atoms. The van der Waals surface area contributed by atoms with Gasteiger partial charge in [-0.15, -0.1) is 0 Å². The molecule has 124 valence electrons. The first-order chi connectivity index (χ1) is 11.6. The van der Waals surface area contributed by atoms with Crippen LogP contribution in [0.2, 0.25) is 0 Å². The van der Waals surface area contributed by atoms with Gasteiger partial charge in [0.25, 0.3) is 0 Å². The van der Waals surface area contributed by atoms with E-state index in [1.54, 1.807) is 0 Å². The molecule has 0 saturated carbocycles. The van der Waals surface area contributed by atoms with Crippen LogP contribution in [0.3, 0.4) is 0 Å². The maximum Gasteiger partial charge on any atom is 0.244 e. The molecule has 0 unspecified atom stereocenters.